The fourth-order valence-corrected chi connectivity index (χ4v) is 1.96. The number of carbonyl (C=O) groups is 1. The molecule has 0 heterocycles. The molecule has 0 aromatic carbocycles. The lowest BCUT2D eigenvalue weighted by atomic mass is 9.89. The second kappa shape index (κ2) is 7.00. The molecule has 0 radical (unpaired) electrons. The zero-order chi connectivity index (χ0) is 13.5. The molecule has 0 saturated heterocycles. The summed E-state index contributed by atoms with van der Waals surface area (Å²) in [5, 5.41) is 12.7. The molecule has 2 N–H and O–H groups in total. The molecule has 102 valence electrons. The number of unbranched alkanes of at least 4 members (excludes halogenated alkanes) is 3. The Hall–Kier alpha value is -0.570. The first-order chi connectivity index (χ1) is 7.77. The lowest BCUT2D eigenvalue weighted by molar-refractivity contribution is -0.145. The standard InChI is InChI=1S/C14H29NO2/c1-6-8-9-10-11-14(5,12(16)17)15-13(3,4)7-2/h15H,6-11H2,1-5H3,(H,16,17). The van der Waals surface area contributed by atoms with Crippen molar-refractivity contribution in [2.45, 2.75) is 84.2 Å². The summed E-state index contributed by atoms with van der Waals surface area (Å²) >= 11 is 0. The summed E-state index contributed by atoms with van der Waals surface area (Å²) in [7, 11) is 0. The first-order valence-electron chi connectivity index (χ1n) is 6.80. The largest absolute Gasteiger partial charge is 0.480 e. The van der Waals surface area contributed by atoms with E-state index in [1.807, 2.05) is 0 Å². The summed E-state index contributed by atoms with van der Waals surface area (Å²) < 4.78 is 0. The highest BCUT2D eigenvalue weighted by Crippen LogP contribution is 2.21. The summed E-state index contributed by atoms with van der Waals surface area (Å²) in [5.74, 6) is -0.740. The van der Waals surface area contributed by atoms with Crippen LogP contribution in [0, 0.1) is 0 Å². The third-order valence-corrected chi connectivity index (χ3v) is 3.50. The molecule has 0 aromatic heterocycles. The van der Waals surface area contributed by atoms with Crippen LogP contribution in [0.3, 0.4) is 0 Å². The minimum Gasteiger partial charge on any atom is -0.480 e. The van der Waals surface area contributed by atoms with Gasteiger partial charge in [-0.3, -0.25) is 10.1 Å². The molecule has 1 atom stereocenters. The number of hydrogen-bond donors (Lipinski definition) is 2. The van der Waals surface area contributed by atoms with Gasteiger partial charge in [0.15, 0.2) is 0 Å². The van der Waals surface area contributed by atoms with Crippen LogP contribution >= 0.6 is 0 Å². The van der Waals surface area contributed by atoms with Crippen LogP contribution < -0.4 is 5.32 Å². The van der Waals surface area contributed by atoms with Crippen molar-refractivity contribution in [2.75, 3.05) is 0 Å². The van der Waals surface area contributed by atoms with E-state index in [9.17, 15) is 9.90 Å². The van der Waals surface area contributed by atoms with Gasteiger partial charge in [-0.1, -0.05) is 39.5 Å². The highest BCUT2D eigenvalue weighted by atomic mass is 16.4. The lowest BCUT2D eigenvalue weighted by Gasteiger charge is -2.36. The Bertz CT molecular complexity index is 238. The highest BCUT2D eigenvalue weighted by molar-refractivity contribution is 5.78. The van der Waals surface area contributed by atoms with E-state index >= 15 is 0 Å². The van der Waals surface area contributed by atoms with E-state index in [0.717, 1.165) is 19.3 Å². The topological polar surface area (TPSA) is 49.3 Å². The Morgan fingerprint density at radius 1 is 1.12 bits per heavy atom. The quantitative estimate of drug-likeness (QED) is 0.609. The van der Waals surface area contributed by atoms with Crippen LogP contribution in [0.1, 0.15) is 73.1 Å². The van der Waals surface area contributed by atoms with Gasteiger partial charge in [0.1, 0.15) is 5.54 Å². The average Bonchev–Trinajstić information content (AvgIpc) is 2.24. The number of carboxylic acids is 1. The van der Waals surface area contributed by atoms with Gasteiger partial charge in [-0.15, -0.1) is 0 Å². The monoisotopic (exact) mass is 243 g/mol. The van der Waals surface area contributed by atoms with Gasteiger partial charge >= 0.3 is 5.97 Å². The van der Waals surface area contributed by atoms with E-state index in [4.69, 9.17) is 0 Å². The predicted octanol–water partition coefficient (Wildman–Crippen LogP) is 3.58. The van der Waals surface area contributed by atoms with Crippen LogP contribution in [0.5, 0.6) is 0 Å². The molecule has 0 aliphatic rings. The summed E-state index contributed by atoms with van der Waals surface area (Å²) in [5.41, 5.74) is -0.925. The van der Waals surface area contributed by atoms with Crippen molar-refractivity contribution in [3.8, 4) is 0 Å². The molecule has 0 rings (SSSR count). The van der Waals surface area contributed by atoms with Gasteiger partial charge < -0.3 is 5.11 Å². The van der Waals surface area contributed by atoms with E-state index in [1.54, 1.807) is 6.92 Å². The van der Waals surface area contributed by atoms with Gasteiger partial charge in [-0.05, 0) is 33.6 Å². The molecule has 3 heteroatoms. The fraction of sp³-hybridized carbons (Fsp3) is 0.929. The van der Waals surface area contributed by atoms with Gasteiger partial charge in [0.05, 0.1) is 0 Å². The van der Waals surface area contributed by atoms with E-state index in [1.165, 1.54) is 12.8 Å². The van der Waals surface area contributed by atoms with Crippen LogP contribution in [0.15, 0.2) is 0 Å². The molecule has 0 bridgehead atoms. The number of rotatable bonds is 9. The highest BCUT2D eigenvalue weighted by Gasteiger charge is 2.36. The molecule has 1 unspecified atom stereocenters. The second-order valence-electron chi connectivity index (χ2n) is 5.81. The molecule has 0 aliphatic carbocycles. The number of carboxylic acid groups (broad SMARTS) is 1. The molecule has 3 nitrogen and oxygen atoms in total. The summed E-state index contributed by atoms with van der Waals surface area (Å²) in [6, 6.07) is 0. The third kappa shape index (κ3) is 6.06. The minimum atomic E-state index is -0.798. The van der Waals surface area contributed by atoms with Crippen molar-refractivity contribution in [1.82, 2.24) is 5.32 Å². The number of hydrogen-bond acceptors (Lipinski definition) is 2. The van der Waals surface area contributed by atoms with E-state index in [-0.39, 0.29) is 5.54 Å². The second-order valence-corrected chi connectivity index (χ2v) is 5.81. The number of aliphatic carboxylic acids is 1. The van der Waals surface area contributed by atoms with E-state index in [2.05, 4.69) is 33.0 Å². The fourth-order valence-electron chi connectivity index (χ4n) is 1.96. The van der Waals surface area contributed by atoms with Crippen LogP contribution in [0.2, 0.25) is 0 Å². The summed E-state index contributed by atoms with van der Waals surface area (Å²) in [6.07, 6.45) is 6.08. The molecule has 0 amide bonds. The maximum absolute atomic E-state index is 11.4. The molecule has 0 spiro atoms. The minimum absolute atomic E-state index is 0.127. The van der Waals surface area contributed by atoms with E-state index < -0.39 is 11.5 Å². The van der Waals surface area contributed by atoms with Crippen molar-refractivity contribution in [3.05, 3.63) is 0 Å². The zero-order valence-electron chi connectivity index (χ0n) is 12.1. The smallest absolute Gasteiger partial charge is 0.323 e. The van der Waals surface area contributed by atoms with Crippen LogP contribution in [-0.2, 0) is 4.79 Å². The van der Waals surface area contributed by atoms with Gasteiger partial charge in [0, 0.05) is 5.54 Å². The van der Waals surface area contributed by atoms with Crippen molar-refractivity contribution in [2.24, 2.45) is 0 Å². The first-order valence-corrected chi connectivity index (χ1v) is 6.80. The molecule has 0 aliphatic heterocycles. The Balaban J connectivity index is 4.41. The Kier molecular flexibility index (Phi) is 6.76. The van der Waals surface area contributed by atoms with Gasteiger partial charge in [0.25, 0.3) is 0 Å². The maximum Gasteiger partial charge on any atom is 0.323 e. The predicted molar refractivity (Wildman–Crippen MR) is 72.3 cm³/mol. The maximum atomic E-state index is 11.4. The molecular weight excluding hydrogens is 214 g/mol. The Labute approximate surface area is 106 Å². The molecular formula is C14H29NO2. The summed E-state index contributed by atoms with van der Waals surface area (Å²) in [6.45, 7) is 10.2. The molecule has 0 aromatic rings. The number of nitrogens with one attached hydrogen (secondary N) is 1. The van der Waals surface area contributed by atoms with Gasteiger partial charge in [0.2, 0.25) is 0 Å². The zero-order valence-corrected chi connectivity index (χ0v) is 12.1. The Morgan fingerprint density at radius 2 is 1.71 bits per heavy atom. The molecule has 0 fully saturated rings. The average molecular weight is 243 g/mol. The van der Waals surface area contributed by atoms with Crippen LogP contribution in [0.25, 0.3) is 0 Å². The normalized spacial score (nSPS) is 15.6. The van der Waals surface area contributed by atoms with Crippen molar-refractivity contribution < 1.29 is 9.90 Å². The Morgan fingerprint density at radius 3 is 2.12 bits per heavy atom. The molecule has 0 saturated carbocycles. The van der Waals surface area contributed by atoms with Crippen LogP contribution in [0.4, 0.5) is 0 Å². The molecule has 17 heavy (non-hydrogen) atoms. The summed E-state index contributed by atoms with van der Waals surface area (Å²) in [4.78, 5) is 11.4. The van der Waals surface area contributed by atoms with Crippen LogP contribution in [-0.4, -0.2) is 22.2 Å². The van der Waals surface area contributed by atoms with Crippen molar-refractivity contribution >= 4 is 5.97 Å². The van der Waals surface area contributed by atoms with E-state index in [0.29, 0.717) is 6.42 Å². The van der Waals surface area contributed by atoms with Crippen molar-refractivity contribution in [3.63, 3.8) is 0 Å². The lowest BCUT2D eigenvalue weighted by Crippen LogP contribution is -2.57. The first kappa shape index (κ1) is 16.4. The third-order valence-electron chi connectivity index (χ3n) is 3.50. The van der Waals surface area contributed by atoms with Gasteiger partial charge in [-0.2, -0.15) is 0 Å². The van der Waals surface area contributed by atoms with Gasteiger partial charge in [-0.25, -0.2) is 0 Å². The van der Waals surface area contributed by atoms with Crippen molar-refractivity contribution in [1.29, 1.82) is 0 Å². The SMILES string of the molecule is CCCCCCC(C)(NC(C)(C)CC)C(=O)O.